The number of aliphatic hydroxyl groups is 1. The van der Waals surface area contributed by atoms with Crippen LogP contribution in [-0.4, -0.2) is 32.0 Å². The molecular formula is C17H21ClF2N4O. The van der Waals surface area contributed by atoms with Crippen molar-refractivity contribution in [2.45, 2.75) is 51.8 Å². The fourth-order valence-corrected chi connectivity index (χ4v) is 3.47. The second-order valence-corrected chi connectivity index (χ2v) is 7.53. The first-order valence-corrected chi connectivity index (χ1v) is 8.58. The lowest BCUT2D eigenvalue weighted by Crippen LogP contribution is -2.41. The van der Waals surface area contributed by atoms with Gasteiger partial charge in [0.15, 0.2) is 0 Å². The molecule has 8 heteroatoms. The smallest absolute Gasteiger partial charge is 0.333 e. The van der Waals surface area contributed by atoms with E-state index in [2.05, 4.69) is 15.4 Å². The molecule has 1 aliphatic rings. The van der Waals surface area contributed by atoms with Crippen LogP contribution in [0, 0.1) is 5.41 Å². The lowest BCUT2D eigenvalue weighted by Gasteiger charge is -2.40. The third-order valence-electron chi connectivity index (χ3n) is 4.78. The van der Waals surface area contributed by atoms with Crippen molar-refractivity contribution in [2.75, 3.05) is 5.32 Å². The molecule has 0 saturated heterocycles. The highest BCUT2D eigenvalue weighted by Gasteiger charge is 2.35. The Labute approximate surface area is 150 Å². The van der Waals surface area contributed by atoms with E-state index in [0.717, 1.165) is 12.8 Å². The minimum atomic E-state index is -2.69. The Hall–Kier alpha value is -1.73. The van der Waals surface area contributed by atoms with Gasteiger partial charge in [-0.15, -0.1) is 0 Å². The van der Waals surface area contributed by atoms with Crippen LogP contribution in [0.15, 0.2) is 24.5 Å². The molecule has 0 spiro atoms. The SMILES string of the molecule is CC1(C)CC(Nc2cc(Cl)ncc2-c2ccn(C(F)F)n2)CCC1O. The Morgan fingerprint density at radius 1 is 1.40 bits per heavy atom. The van der Waals surface area contributed by atoms with E-state index >= 15 is 0 Å². The summed E-state index contributed by atoms with van der Waals surface area (Å²) in [6.45, 7) is 1.39. The fraction of sp³-hybridized carbons (Fsp3) is 0.529. The van der Waals surface area contributed by atoms with Gasteiger partial charge in [-0.25, -0.2) is 9.67 Å². The van der Waals surface area contributed by atoms with E-state index in [1.165, 1.54) is 18.5 Å². The first-order chi connectivity index (χ1) is 11.8. The summed E-state index contributed by atoms with van der Waals surface area (Å²) in [5.74, 6) is 0. The average Bonchev–Trinajstić information content (AvgIpc) is 3.01. The molecule has 1 saturated carbocycles. The maximum atomic E-state index is 12.8. The third kappa shape index (κ3) is 3.93. The van der Waals surface area contributed by atoms with Gasteiger partial charge >= 0.3 is 6.55 Å². The van der Waals surface area contributed by atoms with Crippen molar-refractivity contribution >= 4 is 17.3 Å². The monoisotopic (exact) mass is 370 g/mol. The number of anilines is 1. The second-order valence-electron chi connectivity index (χ2n) is 7.14. The first kappa shape index (κ1) is 18.1. The predicted octanol–water partition coefficient (Wildman–Crippen LogP) is 4.35. The van der Waals surface area contributed by atoms with Gasteiger partial charge in [-0.3, -0.25) is 0 Å². The van der Waals surface area contributed by atoms with Crippen LogP contribution in [-0.2, 0) is 0 Å². The molecule has 0 aromatic carbocycles. The van der Waals surface area contributed by atoms with E-state index in [1.807, 2.05) is 13.8 Å². The van der Waals surface area contributed by atoms with Gasteiger partial charge in [0.1, 0.15) is 5.15 Å². The number of aliphatic hydroxyl groups excluding tert-OH is 1. The van der Waals surface area contributed by atoms with Crippen LogP contribution in [0.25, 0.3) is 11.3 Å². The molecule has 1 fully saturated rings. The van der Waals surface area contributed by atoms with Crippen LogP contribution in [0.4, 0.5) is 14.5 Å². The normalized spacial score (nSPS) is 23.0. The van der Waals surface area contributed by atoms with Gasteiger partial charge in [0, 0.05) is 29.7 Å². The van der Waals surface area contributed by atoms with Crippen LogP contribution in [0.3, 0.4) is 0 Å². The minimum absolute atomic E-state index is 0.146. The van der Waals surface area contributed by atoms with E-state index < -0.39 is 6.55 Å². The number of hydrogen-bond acceptors (Lipinski definition) is 4. The Balaban J connectivity index is 1.87. The first-order valence-electron chi connectivity index (χ1n) is 8.20. The summed E-state index contributed by atoms with van der Waals surface area (Å²) in [6, 6.07) is 3.35. The maximum Gasteiger partial charge on any atom is 0.333 e. The zero-order valence-electron chi connectivity index (χ0n) is 14.1. The number of halogens is 3. The molecule has 136 valence electrons. The molecule has 2 aromatic rings. The molecule has 5 nitrogen and oxygen atoms in total. The standard InChI is InChI=1S/C17H21ClF2N4O/c1-17(2)8-10(3-4-14(17)25)22-13-7-15(18)21-9-11(13)12-5-6-24(23-12)16(19)20/h5-7,9-10,14,16,25H,3-4,8H2,1-2H3,(H,21,22). The van der Waals surface area contributed by atoms with Gasteiger partial charge in [-0.05, 0) is 36.8 Å². The Morgan fingerprint density at radius 3 is 2.80 bits per heavy atom. The molecule has 2 aromatic heterocycles. The highest BCUT2D eigenvalue weighted by molar-refractivity contribution is 6.29. The van der Waals surface area contributed by atoms with Crippen molar-refractivity contribution in [2.24, 2.45) is 5.41 Å². The Bertz CT molecular complexity index is 750. The third-order valence-corrected chi connectivity index (χ3v) is 4.98. The number of nitrogens with zero attached hydrogens (tertiary/aromatic N) is 3. The summed E-state index contributed by atoms with van der Waals surface area (Å²) < 4.78 is 26.2. The molecular weight excluding hydrogens is 350 g/mol. The van der Waals surface area contributed by atoms with Gasteiger partial charge in [0.25, 0.3) is 0 Å². The van der Waals surface area contributed by atoms with Crippen LogP contribution in [0.1, 0.15) is 39.7 Å². The highest BCUT2D eigenvalue weighted by atomic mass is 35.5. The van der Waals surface area contributed by atoms with Crippen LogP contribution in [0.5, 0.6) is 0 Å². The minimum Gasteiger partial charge on any atom is -0.393 e. The molecule has 25 heavy (non-hydrogen) atoms. The van der Waals surface area contributed by atoms with Crippen molar-refractivity contribution in [3.63, 3.8) is 0 Å². The second kappa shape index (κ2) is 6.88. The molecule has 0 radical (unpaired) electrons. The molecule has 2 atom stereocenters. The van der Waals surface area contributed by atoms with Crippen molar-refractivity contribution in [1.29, 1.82) is 0 Å². The molecule has 0 bridgehead atoms. The molecule has 0 amide bonds. The molecule has 1 aliphatic carbocycles. The quantitative estimate of drug-likeness (QED) is 0.785. The fourth-order valence-electron chi connectivity index (χ4n) is 3.31. The topological polar surface area (TPSA) is 63.0 Å². The lowest BCUT2D eigenvalue weighted by molar-refractivity contribution is 0.00931. The summed E-state index contributed by atoms with van der Waals surface area (Å²) in [5, 5.41) is 17.8. The number of nitrogens with one attached hydrogen (secondary N) is 1. The van der Waals surface area contributed by atoms with Crippen molar-refractivity contribution < 1.29 is 13.9 Å². The van der Waals surface area contributed by atoms with Crippen LogP contribution < -0.4 is 5.32 Å². The van der Waals surface area contributed by atoms with Gasteiger partial charge in [-0.1, -0.05) is 25.4 Å². The van der Waals surface area contributed by atoms with E-state index in [-0.39, 0.29) is 17.6 Å². The predicted molar refractivity (Wildman–Crippen MR) is 92.8 cm³/mol. The maximum absolute atomic E-state index is 12.8. The summed E-state index contributed by atoms with van der Waals surface area (Å²) >= 11 is 6.02. The van der Waals surface area contributed by atoms with E-state index in [1.54, 1.807) is 6.07 Å². The summed E-state index contributed by atoms with van der Waals surface area (Å²) in [5.41, 5.74) is 1.54. The van der Waals surface area contributed by atoms with E-state index in [4.69, 9.17) is 11.6 Å². The van der Waals surface area contributed by atoms with Crippen molar-refractivity contribution in [3.05, 3.63) is 29.7 Å². The zero-order chi connectivity index (χ0) is 18.2. The zero-order valence-corrected chi connectivity index (χ0v) is 14.8. The van der Waals surface area contributed by atoms with Crippen molar-refractivity contribution in [3.8, 4) is 11.3 Å². The summed E-state index contributed by atoms with van der Waals surface area (Å²) in [6.07, 6.45) is 4.75. The number of pyridine rings is 1. The van der Waals surface area contributed by atoms with E-state index in [9.17, 15) is 13.9 Å². The van der Waals surface area contributed by atoms with E-state index in [0.29, 0.717) is 33.2 Å². The van der Waals surface area contributed by atoms with Gasteiger partial charge in [0.2, 0.25) is 0 Å². The average molecular weight is 371 g/mol. The Morgan fingerprint density at radius 2 is 2.16 bits per heavy atom. The number of aromatic nitrogens is 3. The van der Waals surface area contributed by atoms with Gasteiger partial charge in [0.05, 0.1) is 11.8 Å². The highest BCUT2D eigenvalue weighted by Crippen LogP contribution is 2.38. The van der Waals surface area contributed by atoms with Crippen LogP contribution >= 0.6 is 11.6 Å². The molecule has 2 heterocycles. The van der Waals surface area contributed by atoms with Crippen molar-refractivity contribution in [1.82, 2.24) is 14.8 Å². The summed E-state index contributed by atoms with van der Waals surface area (Å²) in [4.78, 5) is 4.05. The number of rotatable bonds is 4. The van der Waals surface area contributed by atoms with Gasteiger partial charge in [-0.2, -0.15) is 13.9 Å². The number of hydrogen-bond donors (Lipinski definition) is 2. The molecule has 0 aliphatic heterocycles. The Kier molecular flexibility index (Phi) is 4.97. The molecule has 2 unspecified atom stereocenters. The largest absolute Gasteiger partial charge is 0.393 e. The number of alkyl halides is 2. The van der Waals surface area contributed by atoms with Crippen LogP contribution in [0.2, 0.25) is 5.15 Å². The summed E-state index contributed by atoms with van der Waals surface area (Å²) in [7, 11) is 0. The molecule has 2 N–H and O–H groups in total. The van der Waals surface area contributed by atoms with Gasteiger partial charge < -0.3 is 10.4 Å². The molecule has 3 rings (SSSR count). The lowest BCUT2D eigenvalue weighted by atomic mass is 9.73.